The molecule has 8 heteroatoms. The van der Waals surface area contributed by atoms with Crippen LogP contribution in [0.2, 0.25) is 0 Å². The van der Waals surface area contributed by atoms with Gasteiger partial charge in [0.05, 0.1) is 23.1 Å². The van der Waals surface area contributed by atoms with Crippen molar-refractivity contribution in [2.75, 3.05) is 26.2 Å². The number of hydrogen-bond donors (Lipinski definition) is 0. The van der Waals surface area contributed by atoms with Gasteiger partial charge in [-0.15, -0.1) is 0 Å². The monoisotopic (exact) mass is 469 g/mol. The fourth-order valence-corrected chi connectivity index (χ4v) is 5.54. The minimum atomic E-state index is -3.60. The van der Waals surface area contributed by atoms with E-state index in [1.807, 2.05) is 30.9 Å². The summed E-state index contributed by atoms with van der Waals surface area (Å²) in [5.74, 6) is 0.514. The highest BCUT2D eigenvalue weighted by atomic mass is 32.2. The molecule has 33 heavy (non-hydrogen) atoms. The van der Waals surface area contributed by atoms with Crippen molar-refractivity contribution in [2.45, 2.75) is 44.6 Å². The molecule has 1 heterocycles. The van der Waals surface area contributed by atoms with Crippen LogP contribution < -0.4 is 4.74 Å². The third-order valence-electron chi connectivity index (χ3n) is 5.84. The maximum Gasteiger partial charge on any atom is 0.243 e. The number of piperidine rings is 1. The zero-order valence-electron chi connectivity index (χ0n) is 19.2. The highest BCUT2D eigenvalue weighted by Crippen LogP contribution is 2.27. The van der Waals surface area contributed by atoms with Crippen molar-refractivity contribution in [3.05, 3.63) is 59.7 Å². The lowest BCUT2D eigenvalue weighted by Gasteiger charge is -2.33. The molecular weight excluding hydrogens is 438 g/mol. The second-order valence-corrected chi connectivity index (χ2v) is 10.1. The van der Waals surface area contributed by atoms with Crippen molar-refractivity contribution < 1.29 is 17.9 Å². The van der Waals surface area contributed by atoms with Crippen molar-refractivity contribution in [1.82, 2.24) is 9.21 Å². The molecular formula is C25H31N3O4S. The normalized spacial score (nSPS) is 15.1. The Morgan fingerprint density at radius 3 is 2.27 bits per heavy atom. The highest BCUT2D eigenvalue weighted by molar-refractivity contribution is 7.89. The van der Waals surface area contributed by atoms with E-state index in [9.17, 15) is 13.2 Å². The lowest BCUT2D eigenvalue weighted by atomic mass is 9.96. The zero-order chi connectivity index (χ0) is 23.8. The van der Waals surface area contributed by atoms with Gasteiger partial charge in [-0.2, -0.15) is 9.57 Å². The summed E-state index contributed by atoms with van der Waals surface area (Å²) in [6.45, 7) is 6.21. The van der Waals surface area contributed by atoms with E-state index in [-0.39, 0.29) is 16.7 Å². The van der Waals surface area contributed by atoms with E-state index in [0.29, 0.717) is 56.9 Å². The molecule has 3 rings (SSSR count). The molecule has 0 N–H and O–H groups in total. The van der Waals surface area contributed by atoms with Crippen molar-refractivity contribution in [3.63, 3.8) is 0 Å². The maximum absolute atomic E-state index is 13.2. The average Bonchev–Trinajstić information content (AvgIpc) is 2.84. The molecule has 0 radical (unpaired) electrons. The number of hydrogen-bond acceptors (Lipinski definition) is 5. The lowest BCUT2D eigenvalue weighted by Crippen LogP contribution is -2.44. The second kappa shape index (κ2) is 11.3. The van der Waals surface area contributed by atoms with Gasteiger partial charge in [0, 0.05) is 32.1 Å². The van der Waals surface area contributed by atoms with Gasteiger partial charge in [-0.3, -0.25) is 4.79 Å². The van der Waals surface area contributed by atoms with Crippen LogP contribution in [0.1, 0.15) is 44.2 Å². The molecule has 2 aromatic carbocycles. The molecule has 0 atom stereocenters. The van der Waals surface area contributed by atoms with Gasteiger partial charge in [-0.05, 0) is 68.1 Å². The van der Waals surface area contributed by atoms with Crippen molar-refractivity contribution in [2.24, 2.45) is 5.92 Å². The molecule has 0 aliphatic carbocycles. The summed E-state index contributed by atoms with van der Waals surface area (Å²) in [5.41, 5.74) is 1.57. The molecule has 176 valence electrons. The van der Waals surface area contributed by atoms with Gasteiger partial charge in [0.25, 0.3) is 0 Å². The number of benzene rings is 2. The highest BCUT2D eigenvalue weighted by Gasteiger charge is 2.33. The summed E-state index contributed by atoms with van der Waals surface area (Å²) in [5, 5.41) is 8.97. The Morgan fingerprint density at radius 2 is 1.73 bits per heavy atom. The van der Waals surface area contributed by atoms with Gasteiger partial charge in [0.15, 0.2) is 0 Å². The number of amides is 1. The van der Waals surface area contributed by atoms with Gasteiger partial charge < -0.3 is 9.64 Å². The van der Waals surface area contributed by atoms with Gasteiger partial charge in [0.2, 0.25) is 15.9 Å². The molecule has 1 amide bonds. The Labute approximate surface area is 196 Å². The fourth-order valence-electron chi connectivity index (χ4n) is 4.07. The number of sulfonamides is 1. The average molecular weight is 470 g/mol. The third-order valence-corrected chi connectivity index (χ3v) is 7.75. The first kappa shape index (κ1) is 24.7. The Morgan fingerprint density at radius 1 is 1.09 bits per heavy atom. The SMILES string of the molecule is CCCN(Cc1ccc(C#N)cc1)C(=O)C1CCN(S(=O)(=O)c2ccc(OCC)cc2)CC1. The van der Waals surface area contributed by atoms with E-state index in [1.54, 1.807) is 36.4 Å². The van der Waals surface area contributed by atoms with Crippen LogP contribution in [0, 0.1) is 17.2 Å². The molecule has 1 aliphatic rings. The van der Waals surface area contributed by atoms with Gasteiger partial charge in [0.1, 0.15) is 5.75 Å². The minimum Gasteiger partial charge on any atom is -0.494 e. The van der Waals surface area contributed by atoms with Gasteiger partial charge in [-0.25, -0.2) is 8.42 Å². The van der Waals surface area contributed by atoms with E-state index >= 15 is 0 Å². The van der Waals surface area contributed by atoms with Gasteiger partial charge >= 0.3 is 0 Å². The number of ether oxygens (including phenoxy) is 1. The van der Waals surface area contributed by atoms with Crippen LogP contribution in [0.25, 0.3) is 0 Å². The van der Waals surface area contributed by atoms with Crippen molar-refractivity contribution in [3.8, 4) is 11.8 Å². The smallest absolute Gasteiger partial charge is 0.243 e. The van der Waals surface area contributed by atoms with Crippen LogP contribution in [-0.2, 0) is 21.4 Å². The third kappa shape index (κ3) is 6.12. The quantitative estimate of drug-likeness (QED) is 0.557. The van der Waals surface area contributed by atoms with Crippen LogP contribution in [0.5, 0.6) is 5.75 Å². The Kier molecular flexibility index (Phi) is 8.48. The standard InChI is InChI=1S/C25H31N3O4S/c1-3-15-27(19-21-7-5-20(18-26)6-8-21)25(29)22-13-16-28(17-14-22)33(30,31)24-11-9-23(10-12-24)32-4-2/h5-12,22H,3-4,13-17,19H2,1-2H3. The Bertz CT molecular complexity index is 1070. The van der Waals surface area contributed by atoms with Crippen LogP contribution in [0.15, 0.2) is 53.4 Å². The summed E-state index contributed by atoms with van der Waals surface area (Å²) in [6.07, 6.45) is 1.85. The molecule has 0 unspecified atom stereocenters. The van der Waals surface area contributed by atoms with E-state index in [1.165, 1.54) is 4.31 Å². The number of rotatable bonds is 9. The summed E-state index contributed by atoms with van der Waals surface area (Å²) in [4.78, 5) is 15.3. The molecule has 0 saturated carbocycles. The number of carbonyl (C=O) groups is 1. The zero-order valence-corrected chi connectivity index (χ0v) is 20.1. The predicted molar refractivity (Wildman–Crippen MR) is 126 cm³/mol. The molecule has 0 bridgehead atoms. The molecule has 1 fully saturated rings. The van der Waals surface area contributed by atoms with E-state index in [2.05, 4.69) is 6.07 Å². The Balaban J connectivity index is 1.62. The number of carbonyl (C=O) groups excluding carboxylic acids is 1. The van der Waals surface area contributed by atoms with Crippen molar-refractivity contribution >= 4 is 15.9 Å². The van der Waals surface area contributed by atoms with Crippen LogP contribution in [0.4, 0.5) is 0 Å². The lowest BCUT2D eigenvalue weighted by molar-refractivity contribution is -0.137. The Hall–Kier alpha value is -2.89. The summed E-state index contributed by atoms with van der Waals surface area (Å²) in [6, 6.07) is 15.8. The topological polar surface area (TPSA) is 90.7 Å². The van der Waals surface area contributed by atoms with E-state index in [0.717, 1.165) is 12.0 Å². The van der Waals surface area contributed by atoms with Crippen LogP contribution in [-0.4, -0.2) is 49.8 Å². The number of nitriles is 1. The minimum absolute atomic E-state index is 0.0688. The summed E-state index contributed by atoms with van der Waals surface area (Å²) < 4.78 is 32.9. The molecule has 7 nitrogen and oxygen atoms in total. The summed E-state index contributed by atoms with van der Waals surface area (Å²) in [7, 11) is -3.60. The second-order valence-electron chi connectivity index (χ2n) is 8.15. The maximum atomic E-state index is 13.2. The largest absolute Gasteiger partial charge is 0.494 e. The number of nitrogens with zero attached hydrogens (tertiary/aromatic N) is 3. The molecule has 0 spiro atoms. The van der Waals surface area contributed by atoms with E-state index in [4.69, 9.17) is 10.00 Å². The first-order valence-corrected chi connectivity index (χ1v) is 12.8. The molecule has 1 saturated heterocycles. The van der Waals surface area contributed by atoms with Gasteiger partial charge in [-0.1, -0.05) is 19.1 Å². The first-order chi connectivity index (χ1) is 15.9. The van der Waals surface area contributed by atoms with Crippen LogP contribution >= 0.6 is 0 Å². The van der Waals surface area contributed by atoms with Crippen molar-refractivity contribution in [1.29, 1.82) is 5.26 Å². The summed E-state index contributed by atoms with van der Waals surface area (Å²) >= 11 is 0. The molecule has 0 aromatic heterocycles. The fraction of sp³-hybridized carbons (Fsp3) is 0.440. The predicted octanol–water partition coefficient (Wildman–Crippen LogP) is 3.80. The van der Waals surface area contributed by atoms with Crippen LogP contribution in [0.3, 0.4) is 0 Å². The molecule has 1 aliphatic heterocycles. The van der Waals surface area contributed by atoms with E-state index < -0.39 is 10.0 Å². The first-order valence-electron chi connectivity index (χ1n) is 11.4. The molecule has 2 aromatic rings.